The summed E-state index contributed by atoms with van der Waals surface area (Å²) < 4.78 is 5.66. The second-order valence-electron chi connectivity index (χ2n) is 3.87. The molecule has 0 radical (unpaired) electrons. The maximum Gasteiger partial charge on any atom is 0.119 e. The van der Waals surface area contributed by atoms with Crippen LogP contribution in [-0.2, 0) is 0 Å². The summed E-state index contributed by atoms with van der Waals surface area (Å²) in [6.45, 7) is 5.31. The van der Waals surface area contributed by atoms with Gasteiger partial charge in [-0.2, -0.15) is 0 Å². The van der Waals surface area contributed by atoms with Crippen LogP contribution in [0.5, 0.6) is 5.75 Å². The van der Waals surface area contributed by atoms with Gasteiger partial charge in [-0.25, -0.2) is 0 Å². The van der Waals surface area contributed by atoms with Crippen molar-refractivity contribution >= 4 is 0 Å². The van der Waals surface area contributed by atoms with Crippen LogP contribution < -0.4 is 4.74 Å². The van der Waals surface area contributed by atoms with E-state index in [0.29, 0.717) is 5.92 Å². The molecule has 1 atom stereocenters. The van der Waals surface area contributed by atoms with Crippen LogP contribution in [0.1, 0.15) is 33.1 Å². The molecule has 0 aliphatic rings. The van der Waals surface area contributed by atoms with E-state index in [0.717, 1.165) is 12.4 Å². The second-order valence-corrected chi connectivity index (χ2v) is 3.87. The molecule has 0 unspecified atom stereocenters. The molecular weight excluding hydrogens is 172 g/mol. The summed E-state index contributed by atoms with van der Waals surface area (Å²) in [5, 5.41) is 0. The summed E-state index contributed by atoms with van der Waals surface area (Å²) in [7, 11) is 0. The first-order valence-electron chi connectivity index (χ1n) is 5.50. The molecule has 1 aromatic carbocycles. The molecule has 0 spiro atoms. The van der Waals surface area contributed by atoms with Gasteiger partial charge in [0.2, 0.25) is 0 Å². The highest BCUT2D eigenvalue weighted by Crippen LogP contribution is 2.12. The molecule has 0 aliphatic carbocycles. The van der Waals surface area contributed by atoms with Crippen molar-refractivity contribution < 1.29 is 4.74 Å². The third-order valence-electron chi connectivity index (χ3n) is 2.33. The minimum atomic E-state index is 0.662. The zero-order valence-electron chi connectivity index (χ0n) is 9.20. The summed E-state index contributed by atoms with van der Waals surface area (Å²) in [5.41, 5.74) is 0. The van der Waals surface area contributed by atoms with E-state index in [1.54, 1.807) is 0 Å². The fourth-order valence-corrected chi connectivity index (χ4v) is 1.39. The monoisotopic (exact) mass is 192 g/mol. The normalized spacial score (nSPS) is 12.4. The van der Waals surface area contributed by atoms with Gasteiger partial charge in [-0.1, -0.05) is 44.9 Å². The minimum absolute atomic E-state index is 0.662. The van der Waals surface area contributed by atoms with Crippen molar-refractivity contribution in [2.75, 3.05) is 6.61 Å². The topological polar surface area (TPSA) is 9.23 Å². The van der Waals surface area contributed by atoms with Crippen molar-refractivity contribution in [2.45, 2.75) is 33.1 Å². The van der Waals surface area contributed by atoms with E-state index in [2.05, 4.69) is 13.8 Å². The lowest BCUT2D eigenvalue weighted by atomic mass is 10.1. The smallest absolute Gasteiger partial charge is 0.119 e. The number of benzene rings is 1. The minimum Gasteiger partial charge on any atom is -0.493 e. The lowest BCUT2D eigenvalue weighted by molar-refractivity contribution is 0.250. The van der Waals surface area contributed by atoms with Gasteiger partial charge in [0.1, 0.15) is 5.75 Å². The highest BCUT2D eigenvalue weighted by molar-refractivity contribution is 5.20. The molecule has 1 rings (SSSR count). The fourth-order valence-electron chi connectivity index (χ4n) is 1.39. The molecule has 0 N–H and O–H groups in total. The van der Waals surface area contributed by atoms with Crippen LogP contribution in [0.4, 0.5) is 0 Å². The highest BCUT2D eigenvalue weighted by atomic mass is 16.5. The zero-order valence-corrected chi connectivity index (χ0v) is 9.20. The molecule has 0 bridgehead atoms. The third kappa shape index (κ3) is 4.31. The van der Waals surface area contributed by atoms with Gasteiger partial charge >= 0.3 is 0 Å². The molecule has 0 aliphatic heterocycles. The Labute approximate surface area is 87.1 Å². The number of unbranched alkanes of at least 4 members (excludes halogenated alkanes) is 1. The molecule has 1 nitrogen and oxygen atoms in total. The van der Waals surface area contributed by atoms with Gasteiger partial charge in [0, 0.05) is 0 Å². The molecule has 0 fully saturated rings. The average molecular weight is 192 g/mol. The maximum absolute atomic E-state index is 5.66. The lowest BCUT2D eigenvalue weighted by Crippen LogP contribution is -2.08. The summed E-state index contributed by atoms with van der Waals surface area (Å²) >= 11 is 0. The first-order valence-corrected chi connectivity index (χ1v) is 5.50. The van der Waals surface area contributed by atoms with Gasteiger partial charge in [-0.15, -0.1) is 0 Å². The summed E-state index contributed by atoms with van der Waals surface area (Å²) in [5.74, 6) is 1.64. The fraction of sp³-hybridized carbons (Fsp3) is 0.538. The van der Waals surface area contributed by atoms with Crippen LogP contribution in [0.15, 0.2) is 30.3 Å². The first kappa shape index (κ1) is 11.1. The van der Waals surface area contributed by atoms with Crippen molar-refractivity contribution in [1.82, 2.24) is 0 Å². The molecular formula is C13H20O. The lowest BCUT2D eigenvalue weighted by Gasteiger charge is -2.12. The van der Waals surface area contributed by atoms with Crippen LogP contribution >= 0.6 is 0 Å². The summed E-state index contributed by atoms with van der Waals surface area (Å²) in [6.07, 6.45) is 3.85. The Kier molecular flexibility index (Phi) is 5.13. The Hall–Kier alpha value is -0.980. The van der Waals surface area contributed by atoms with Crippen LogP contribution in [0, 0.1) is 5.92 Å². The van der Waals surface area contributed by atoms with Crippen LogP contribution in [0.3, 0.4) is 0 Å². The number of hydrogen-bond donors (Lipinski definition) is 0. The second kappa shape index (κ2) is 6.47. The molecule has 0 amide bonds. The summed E-state index contributed by atoms with van der Waals surface area (Å²) in [4.78, 5) is 0. The highest BCUT2D eigenvalue weighted by Gasteiger charge is 2.01. The Balaban J connectivity index is 2.20. The van der Waals surface area contributed by atoms with E-state index in [1.165, 1.54) is 19.3 Å². The van der Waals surface area contributed by atoms with Crippen molar-refractivity contribution in [3.8, 4) is 5.75 Å². The average Bonchev–Trinajstić information content (AvgIpc) is 2.25. The van der Waals surface area contributed by atoms with Crippen LogP contribution in [-0.4, -0.2) is 6.61 Å². The van der Waals surface area contributed by atoms with E-state index in [9.17, 15) is 0 Å². The van der Waals surface area contributed by atoms with Crippen LogP contribution in [0.25, 0.3) is 0 Å². The molecule has 1 heteroatoms. The molecule has 0 heterocycles. The first-order chi connectivity index (χ1) is 6.83. The molecule has 0 saturated heterocycles. The predicted molar refractivity (Wildman–Crippen MR) is 60.6 cm³/mol. The summed E-state index contributed by atoms with van der Waals surface area (Å²) in [6, 6.07) is 10.0. The Bertz CT molecular complexity index is 230. The van der Waals surface area contributed by atoms with Crippen molar-refractivity contribution in [3.05, 3.63) is 30.3 Å². The van der Waals surface area contributed by atoms with Gasteiger partial charge in [0.15, 0.2) is 0 Å². The zero-order chi connectivity index (χ0) is 10.2. The number of ether oxygens (including phenoxy) is 1. The van der Waals surface area contributed by atoms with E-state index in [-0.39, 0.29) is 0 Å². The van der Waals surface area contributed by atoms with Crippen LogP contribution in [0.2, 0.25) is 0 Å². The van der Waals surface area contributed by atoms with Gasteiger partial charge in [-0.05, 0) is 24.5 Å². The van der Waals surface area contributed by atoms with Crippen molar-refractivity contribution in [1.29, 1.82) is 0 Å². The van der Waals surface area contributed by atoms with Crippen molar-refractivity contribution in [2.24, 2.45) is 5.92 Å². The predicted octanol–water partition coefficient (Wildman–Crippen LogP) is 3.89. The van der Waals surface area contributed by atoms with Gasteiger partial charge in [0.05, 0.1) is 6.61 Å². The molecule has 0 saturated carbocycles. The quantitative estimate of drug-likeness (QED) is 0.664. The Morgan fingerprint density at radius 3 is 2.57 bits per heavy atom. The van der Waals surface area contributed by atoms with E-state index in [1.807, 2.05) is 30.3 Å². The molecule has 1 aromatic rings. The van der Waals surface area contributed by atoms with Crippen molar-refractivity contribution in [3.63, 3.8) is 0 Å². The molecule has 14 heavy (non-hydrogen) atoms. The largest absolute Gasteiger partial charge is 0.493 e. The standard InChI is InChI=1S/C13H20O/c1-3-4-8-12(2)11-14-13-9-6-5-7-10-13/h5-7,9-10,12H,3-4,8,11H2,1-2H3/t12-/m0/s1. The number of hydrogen-bond acceptors (Lipinski definition) is 1. The Morgan fingerprint density at radius 2 is 1.93 bits per heavy atom. The van der Waals surface area contributed by atoms with E-state index >= 15 is 0 Å². The van der Waals surface area contributed by atoms with Gasteiger partial charge in [-0.3, -0.25) is 0 Å². The molecule has 0 aromatic heterocycles. The van der Waals surface area contributed by atoms with E-state index in [4.69, 9.17) is 4.74 Å². The number of rotatable bonds is 6. The van der Waals surface area contributed by atoms with Gasteiger partial charge < -0.3 is 4.74 Å². The molecule has 78 valence electrons. The Morgan fingerprint density at radius 1 is 1.21 bits per heavy atom. The number of para-hydroxylation sites is 1. The van der Waals surface area contributed by atoms with Gasteiger partial charge in [0.25, 0.3) is 0 Å². The van der Waals surface area contributed by atoms with E-state index < -0.39 is 0 Å². The SMILES string of the molecule is CCCC[C@H](C)COc1ccccc1. The maximum atomic E-state index is 5.66. The third-order valence-corrected chi connectivity index (χ3v) is 2.33.